The van der Waals surface area contributed by atoms with E-state index < -0.39 is 0 Å². The summed E-state index contributed by atoms with van der Waals surface area (Å²) in [6.45, 7) is 1.93. The van der Waals surface area contributed by atoms with E-state index in [9.17, 15) is 0 Å². The molecule has 14 heavy (non-hydrogen) atoms. The van der Waals surface area contributed by atoms with Gasteiger partial charge >= 0.3 is 0 Å². The van der Waals surface area contributed by atoms with Gasteiger partial charge in [-0.05, 0) is 34.7 Å². The zero-order valence-electron chi connectivity index (χ0n) is 7.55. The molecule has 0 saturated heterocycles. The van der Waals surface area contributed by atoms with Gasteiger partial charge in [-0.3, -0.25) is 0 Å². The number of pyridine rings is 1. The Morgan fingerprint density at radius 3 is 2.57 bits per heavy atom. The number of hydrogen-bond acceptors (Lipinski definition) is 2. The molecule has 70 valence electrons. The number of nitrogens with zero attached hydrogens (tertiary/aromatic N) is 1. The highest BCUT2D eigenvalue weighted by Gasteiger charge is 2.10. The van der Waals surface area contributed by atoms with Crippen LogP contribution in [0.5, 0.6) is 0 Å². The maximum Gasteiger partial charge on any atom is 0.129 e. The van der Waals surface area contributed by atoms with E-state index in [1.54, 1.807) is 0 Å². The molecule has 0 aliphatic carbocycles. The summed E-state index contributed by atoms with van der Waals surface area (Å²) >= 11 is 5.84. The van der Waals surface area contributed by atoms with Gasteiger partial charge in [0.05, 0.1) is 0 Å². The maximum atomic E-state index is 5.84. The number of benzene rings is 1. The van der Waals surface area contributed by atoms with Gasteiger partial charge in [0.15, 0.2) is 0 Å². The standard InChI is InChI=1S/C11H9ClN2/c12-11-3-7-1-8-4-13-5-9(8)2-10(7)6-14-11/h1-3,6,13H,4-5H2. The second-order valence-electron chi connectivity index (χ2n) is 3.58. The summed E-state index contributed by atoms with van der Waals surface area (Å²) < 4.78 is 0. The van der Waals surface area contributed by atoms with Crippen LogP contribution in [0.2, 0.25) is 5.15 Å². The summed E-state index contributed by atoms with van der Waals surface area (Å²) in [5.74, 6) is 0. The lowest BCUT2D eigenvalue weighted by atomic mass is 10.0. The van der Waals surface area contributed by atoms with Gasteiger partial charge in [0.25, 0.3) is 0 Å². The van der Waals surface area contributed by atoms with Gasteiger partial charge in [-0.25, -0.2) is 4.98 Å². The summed E-state index contributed by atoms with van der Waals surface area (Å²) in [7, 11) is 0. The molecule has 0 spiro atoms. The molecule has 3 rings (SSSR count). The van der Waals surface area contributed by atoms with Crippen molar-refractivity contribution in [1.82, 2.24) is 10.3 Å². The van der Waals surface area contributed by atoms with Gasteiger partial charge in [-0.1, -0.05) is 11.6 Å². The Bertz CT molecular complexity index is 508. The van der Waals surface area contributed by atoms with Crippen LogP contribution in [0.25, 0.3) is 10.8 Å². The molecule has 0 amide bonds. The lowest BCUT2D eigenvalue weighted by molar-refractivity contribution is 0.765. The number of nitrogens with one attached hydrogen (secondary N) is 1. The van der Waals surface area contributed by atoms with Crippen LogP contribution < -0.4 is 5.32 Å². The summed E-state index contributed by atoms with van der Waals surface area (Å²) in [5.41, 5.74) is 2.75. The Morgan fingerprint density at radius 2 is 1.79 bits per heavy atom. The SMILES string of the molecule is Clc1cc2cc3c(cc2cn1)CNC3. The van der Waals surface area contributed by atoms with Gasteiger partial charge in [0.1, 0.15) is 5.15 Å². The monoisotopic (exact) mass is 204 g/mol. The second-order valence-corrected chi connectivity index (χ2v) is 3.97. The topological polar surface area (TPSA) is 24.9 Å². The van der Waals surface area contributed by atoms with Crippen LogP contribution in [-0.4, -0.2) is 4.98 Å². The molecule has 1 aliphatic rings. The Balaban J connectivity index is 2.33. The molecule has 2 aromatic rings. The van der Waals surface area contributed by atoms with Crippen LogP contribution in [0, 0.1) is 0 Å². The zero-order chi connectivity index (χ0) is 9.54. The van der Waals surface area contributed by atoms with Crippen LogP contribution >= 0.6 is 11.6 Å². The smallest absolute Gasteiger partial charge is 0.129 e. The van der Waals surface area contributed by atoms with Crippen molar-refractivity contribution in [2.75, 3.05) is 0 Å². The molecule has 1 aromatic heterocycles. The molecular formula is C11H9ClN2. The van der Waals surface area contributed by atoms with Crippen molar-refractivity contribution in [1.29, 1.82) is 0 Å². The third kappa shape index (κ3) is 1.19. The van der Waals surface area contributed by atoms with Crippen molar-refractivity contribution in [3.05, 3.63) is 40.7 Å². The molecule has 0 saturated carbocycles. The van der Waals surface area contributed by atoms with E-state index in [0.717, 1.165) is 18.5 Å². The quantitative estimate of drug-likeness (QED) is 0.667. The number of aromatic nitrogens is 1. The van der Waals surface area contributed by atoms with Crippen molar-refractivity contribution in [2.45, 2.75) is 13.1 Å². The van der Waals surface area contributed by atoms with Crippen molar-refractivity contribution in [3.63, 3.8) is 0 Å². The minimum Gasteiger partial charge on any atom is -0.309 e. The minimum atomic E-state index is 0.559. The van der Waals surface area contributed by atoms with Crippen LogP contribution in [0.1, 0.15) is 11.1 Å². The number of hydrogen-bond donors (Lipinski definition) is 1. The van der Waals surface area contributed by atoms with E-state index in [1.165, 1.54) is 16.5 Å². The van der Waals surface area contributed by atoms with Crippen LogP contribution in [0.3, 0.4) is 0 Å². The molecule has 1 aliphatic heterocycles. The Hall–Kier alpha value is -1.12. The highest BCUT2D eigenvalue weighted by Crippen LogP contribution is 2.24. The first kappa shape index (κ1) is 8.21. The Labute approximate surface area is 86.9 Å². The molecule has 3 heteroatoms. The molecule has 2 nitrogen and oxygen atoms in total. The molecule has 0 bridgehead atoms. The summed E-state index contributed by atoms with van der Waals surface area (Å²) in [6.07, 6.45) is 1.83. The first-order valence-electron chi connectivity index (χ1n) is 4.61. The van der Waals surface area contributed by atoms with Gasteiger partial charge in [-0.15, -0.1) is 0 Å². The first-order chi connectivity index (χ1) is 6.83. The van der Waals surface area contributed by atoms with Gasteiger partial charge in [0.2, 0.25) is 0 Å². The molecule has 0 fully saturated rings. The number of halogens is 1. The molecular weight excluding hydrogens is 196 g/mol. The third-order valence-corrected chi connectivity index (χ3v) is 2.84. The highest BCUT2D eigenvalue weighted by atomic mass is 35.5. The van der Waals surface area contributed by atoms with E-state index in [1.807, 2.05) is 12.3 Å². The fourth-order valence-electron chi connectivity index (χ4n) is 1.92. The molecule has 0 radical (unpaired) electrons. The van der Waals surface area contributed by atoms with Crippen LogP contribution in [0.15, 0.2) is 24.4 Å². The van der Waals surface area contributed by atoms with Crippen molar-refractivity contribution >= 4 is 22.4 Å². The lowest BCUT2D eigenvalue weighted by Gasteiger charge is -2.02. The normalized spacial score (nSPS) is 14.6. The number of rotatable bonds is 0. The third-order valence-electron chi connectivity index (χ3n) is 2.64. The number of fused-ring (bicyclic) bond motifs is 2. The van der Waals surface area contributed by atoms with E-state index in [0.29, 0.717) is 5.15 Å². The molecule has 1 N–H and O–H groups in total. The Morgan fingerprint density at radius 1 is 1.07 bits per heavy atom. The van der Waals surface area contributed by atoms with Gasteiger partial charge < -0.3 is 5.32 Å². The van der Waals surface area contributed by atoms with E-state index in [4.69, 9.17) is 11.6 Å². The molecule has 2 heterocycles. The fourth-order valence-corrected chi connectivity index (χ4v) is 2.09. The van der Waals surface area contributed by atoms with Crippen LogP contribution in [0.4, 0.5) is 0 Å². The second kappa shape index (κ2) is 2.94. The fraction of sp³-hybridized carbons (Fsp3) is 0.182. The predicted octanol–water partition coefficient (Wildman–Crippen LogP) is 2.49. The van der Waals surface area contributed by atoms with Crippen molar-refractivity contribution in [2.24, 2.45) is 0 Å². The minimum absolute atomic E-state index is 0.559. The summed E-state index contributed by atoms with van der Waals surface area (Å²) in [5, 5.41) is 6.22. The first-order valence-corrected chi connectivity index (χ1v) is 4.98. The van der Waals surface area contributed by atoms with E-state index in [2.05, 4.69) is 22.4 Å². The Kier molecular flexibility index (Phi) is 1.72. The zero-order valence-corrected chi connectivity index (χ0v) is 8.30. The maximum absolute atomic E-state index is 5.84. The highest BCUT2D eigenvalue weighted by molar-refractivity contribution is 6.30. The van der Waals surface area contributed by atoms with Crippen LogP contribution in [-0.2, 0) is 13.1 Å². The predicted molar refractivity (Wildman–Crippen MR) is 57.3 cm³/mol. The van der Waals surface area contributed by atoms with E-state index in [-0.39, 0.29) is 0 Å². The van der Waals surface area contributed by atoms with Gasteiger partial charge in [-0.2, -0.15) is 0 Å². The average Bonchev–Trinajstić information content (AvgIpc) is 2.61. The van der Waals surface area contributed by atoms with Gasteiger partial charge in [0, 0.05) is 24.7 Å². The largest absolute Gasteiger partial charge is 0.309 e. The van der Waals surface area contributed by atoms with E-state index >= 15 is 0 Å². The molecule has 0 atom stereocenters. The molecule has 0 unspecified atom stereocenters. The van der Waals surface area contributed by atoms with Crippen molar-refractivity contribution < 1.29 is 0 Å². The molecule has 1 aromatic carbocycles. The summed E-state index contributed by atoms with van der Waals surface area (Å²) in [6, 6.07) is 6.29. The average molecular weight is 205 g/mol. The van der Waals surface area contributed by atoms with Crippen molar-refractivity contribution in [3.8, 4) is 0 Å². The summed E-state index contributed by atoms with van der Waals surface area (Å²) in [4.78, 5) is 4.08. The lowest BCUT2D eigenvalue weighted by Crippen LogP contribution is -1.99.